The number of hydrogen-bond donors (Lipinski definition) is 3. The summed E-state index contributed by atoms with van der Waals surface area (Å²) < 4.78 is 0. The highest BCUT2D eigenvalue weighted by atomic mass is 35.5. The average molecular weight is 548 g/mol. The number of aliphatic imine (C=N–C) groups is 2. The third kappa shape index (κ3) is 6.87. The molecule has 5 aliphatic heterocycles. The molecule has 5 aliphatic rings. The van der Waals surface area contributed by atoms with Crippen LogP contribution < -0.4 is 16.8 Å². The van der Waals surface area contributed by atoms with Crippen molar-refractivity contribution in [2.75, 3.05) is 26.2 Å². The Morgan fingerprint density at radius 1 is 1.24 bits per heavy atom. The third-order valence-corrected chi connectivity index (χ3v) is 10.2. The number of nitrogens with two attached hydrogens (primary N) is 2. The molecule has 0 aromatic heterocycles. The van der Waals surface area contributed by atoms with E-state index < -0.39 is 12.1 Å². The van der Waals surface area contributed by atoms with Gasteiger partial charge in [0.1, 0.15) is 5.92 Å². The molecule has 6 unspecified atom stereocenters. The molecule has 38 heavy (non-hydrogen) atoms. The molecule has 3 fully saturated rings. The summed E-state index contributed by atoms with van der Waals surface area (Å²) in [6.45, 7) is 13.4. The summed E-state index contributed by atoms with van der Waals surface area (Å²) in [6, 6.07) is 0.867. The number of nitrogens with one attached hydrogen (secondary N) is 1. The lowest BCUT2D eigenvalue weighted by Gasteiger charge is -2.44. The Morgan fingerprint density at radius 2 is 1.97 bits per heavy atom. The Morgan fingerprint density at radius 3 is 2.63 bits per heavy atom. The molecule has 8 nitrogen and oxygen atoms in total. The standard InChI is InChI=1S/C29H50ClN7O/c1-5-19(3)22-15-25(37-14-13-36-11-8-21(37)9-12-36)24(18-34-22)35-28(38)26(27(31)32)23-16-29(4,6-2)10-7-20(30)17-33-23/h17-19,21-22,24-27H,5-16,31-32H2,1-4H3,(H,35,38)/b20-17+,33-23?. The summed E-state index contributed by atoms with van der Waals surface area (Å²) >= 11 is 6.43. The van der Waals surface area contributed by atoms with Crippen LogP contribution in [0, 0.1) is 17.3 Å². The summed E-state index contributed by atoms with van der Waals surface area (Å²) in [5.41, 5.74) is 13.3. The highest BCUT2D eigenvalue weighted by Gasteiger charge is 2.42. The normalized spacial score (nSPS) is 37.4. The van der Waals surface area contributed by atoms with E-state index in [1.54, 1.807) is 6.20 Å². The number of rotatable bonds is 8. The zero-order valence-corrected chi connectivity index (χ0v) is 24.7. The van der Waals surface area contributed by atoms with E-state index in [1.165, 1.54) is 25.9 Å². The van der Waals surface area contributed by atoms with Gasteiger partial charge in [0.15, 0.2) is 0 Å². The zero-order valence-electron chi connectivity index (χ0n) is 23.9. The molecule has 0 saturated carbocycles. The Hall–Kier alpha value is -1.32. The van der Waals surface area contributed by atoms with Crippen LogP contribution in [0.5, 0.6) is 0 Å². The lowest BCUT2D eigenvalue weighted by Crippen LogP contribution is -2.61. The lowest BCUT2D eigenvalue weighted by atomic mass is 9.75. The van der Waals surface area contributed by atoms with Crippen LogP contribution in [-0.4, -0.2) is 84.1 Å². The second kappa shape index (κ2) is 12.9. The smallest absolute Gasteiger partial charge is 0.232 e. The molecule has 2 bridgehead atoms. The van der Waals surface area contributed by atoms with E-state index in [9.17, 15) is 4.79 Å². The molecule has 9 heteroatoms. The number of allylic oxidation sites excluding steroid dienone is 1. The van der Waals surface area contributed by atoms with Crippen LogP contribution >= 0.6 is 11.6 Å². The van der Waals surface area contributed by atoms with Gasteiger partial charge in [-0.05, 0) is 62.9 Å². The van der Waals surface area contributed by atoms with E-state index in [-0.39, 0.29) is 29.4 Å². The van der Waals surface area contributed by atoms with Crippen molar-refractivity contribution in [2.45, 2.75) is 109 Å². The van der Waals surface area contributed by atoms with Crippen LogP contribution in [0.25, 0.3) is 0 Å². The molecule has 3 saturated heterocycles. The quantitative estimate of drug-likeness (QED) is 0.403. The van der Waals surface area contributed by atoms with Gasteiger partial charge in [-0.3, -0.25) is 19.7 Å². The van der Waals surface area contributed by atoms with Gasteiger partial charge in [0.25, 0.3) is 0 Å². The molecule has 0 spiro atoms. The number of nitrogens with zero attached hydrogens (tertiary/aromatic N) is 4. The Balaban J connectivity index is 1.60. The molecule has 5 heterocycles. The van der Waals surface area contributed by atoms with Gasteiger partial charge >= 0.3 is 0 Å². The summed E-state index contributed by atoms with van der Waals surface area (Å²) in [5, 5.41) is 4.06. The molecular weight excluding hydrogens is 498 g/mol. The fourth-order valence-electron chi connectivity index (χ4n) is 6.74. The van der Waals surface area contributed by atoms with Crippen LogP contribution in [0.3, 0.4) is 0 Å². The van der Waals surface area contributed by atoms with Gasteiger partial charge in [0.2, 0.25) is 5.91 Å². The second-order valence-corrected chi connectivity index (χ2v) is 13.0. The largest absolute Gasteiger partial charge is 0.346 e. The van der Waals surface area contributed by atoms with E-state index in [0.717, 1.165) is 50.9 Å². The average Bonchev–Trinajstić information content (AvgIpc) is 3.23. The van der Waals surface area contributed by atoms with Gasteiger partial charge < -0.3 is 21.7 Å². The predicted molar refractivity (Wildman–Crippen MR) is 158 cm³/mol. The Bertz CT molecular complexity index is 913. The van der Waals surface area contributed by atoms with Gasteiger partial charge in [0.05, 0.1) is 18.2 Å². The highest BCUT2D eigenvalue weighted by molar-refractivity contribution is 6.29. The fraction of sp³-hybridized carbons (Fsp3) is 0.828. The first-order valence-corrected chi connectivity index (χ1v) is 15.3. The minimum Gasteiger partial charge on any atom is -0.346 e. The summed E-state index contributed by atoms with van der Waals surface area (Å²) in [6.07, 6.45) is 10.6. The number of fused-ring (bicyclic) bond motifs is 4. The molecule has 0 aliphatic carbocycles. The van der Waals surface area contributed by atoms with Crippen molar-refractivity contribution in [3.8, 4) is 0 Å². The number of carbonyl (C=O) groups excluding carboxylic acids is 1. The van der Waals surface area contributed by atoms with Crippen molar-refractivity contribution in [2.24, 2.45) is 38.7 Å². The van der Waals surface area contributed by atoms with Gasteiger partial charge in [-0.25, -0.2) is 0 Å². The van der Waals surface area contributed by atoms with Crippen LogP contribution in [0.2, 0.25) is 0 Å². The maximum Gasteiger partial charge on any atom is 0.232 e. The maximum absolute atomic E-state index is 14.0. The molecule has 214 valence electrons. The lowest BCUT2D eigenvalue weighted by molar-refractivity contribution is -0.124. The minimum absolute atomic E-state index is 0.0145. The monoisotopic (exact) mass is 547 g/mol. The predicted octanol–water partition coefficient (Wildman–Crippen LogP) is 3.49. The number of carbonyl (C=O) groups is 1. The maximum atomic E-state index is 14.0. The van der Waals surface area contributed by atoms with E-state index in [0.29, 0.717) is 23.4 Å². The van der Waals surface area contributed by atoms with Crippen molar-refractivity contribution in [3.63, 3.8) is 0 Å². The zero-order chi connectivity index (χ0) is 27.4. The Labute approximate surface area is 234 Å². The van der Waals surface area contributed by atoms with Crippen molar-refractivity contribution in [1.29, 1.82) is 0 Å². The number of piperidine rings is 1. The van der Waals surface area contributed by atoms with Crippen LogP contribution in [-0.2, 0) is 4.79 Å². The van der Waals surface area contributed by atoms with E-state index in [1.807, 2.05) is 6.21 Å². The minimum atomic E-state index is -0.852. The first kappa shape index (κ1) is 29.7. The summed E-state index contributed by atoms with van der Waals surface area (Å²) in [4.78, 5) is 28.9. The Kier molecular flexibility index (Phi) is 10.1. The van der Waals surface area contributed by atoms with Crippen molar-refractivity contribution >= 4 is 29.4 Å². The van der Waals surface area contributed by atoms with E-state index in [4.69, 9.17) is 33.1 Å². The van der Waals surface area contributed by atoms with Crippen LogP contribution in [0.4, 0.5) is 0 Å². The van der Waals surface area contributed by atoms with Crippen LogP contribution in [0.15, 0.2) is 21.2 Å². The van der Waals surface area contributed by atoms with E-state index >= 15 is 0 Å². The van der Waals surface area contributed by atoms with Gasteiger partial charge in [0, 0.05) is 48.3 Å². The van der Waals surface area contributed by atoms with Gasteiger partial charge in [-0.1, -0.05) is 52.1 Å². The molecule has 5 rings (SSSR count). The molecular formula is C29H50ClN7O. The molecule has 6 atom stereocenters. The molecule has 0 aromatic carbocycles. The third-order valence-electron chi connectivity index (χ3n) is 9.90. The first-order valence-electron chi connectivity index (χ1n) is 14.9. The number of amides is 1. The number of hydrogen-bond acceptors (Lipinski definition) is 7. The summed E-state index contributed by atoms with van der Waals surface area (Å²) in [7, 11) is 0. The molecule has 1 amide bonds. The van der Waals surface area contributed by atoms with Crippen molar-refractivity contribution < 1.29 is 4.79 Å². The SMILES string of the molecule is CCC(C)C1CC(N2CCN3CCC2CC3)C(NC(=O)C(C2=N/C=C(/Cl)CCC(C)(CC)C2)C(N)N)C=N1. The topological polar surface area (TPSA) is 112 Å². The number of halogens is 1. The summed E-state index contributed by atoms with van der Waals surface area (Å²) in [5.74, 6) is -0.365. The van der Waals surface area contributed by atoms with Crippen molar-refractivity contribution in [3.05, 3.63) is 11.2 Å². The van der Waals surface area contributed by atoms with E-state index in [2.05, 4.69) is 42.8 Å². The molecule has 0 radical (unpaired) electrons. The van der Waals surface area contributed by atoms with Crippen LogP contribution in [0.1, 0.15) is 79.1 Å². The highest BCUT2D eigenvalue weighted by Crippen LogP contribution is 2.37. The van der Waals surface area contributed by atoms with Gasteiger partial charge in [-0.15, -0.1) is 0 Å². The second-order valence-electron chi connectivity index (χ2n) is 12.5. The van der Waals surface area contributed by atoms with Crippen molar-refractivity contribution in [1.82, 2.24) is 15.1 Å². The van der Waals surface area contributed by atoms with Gasteiger partial charge in [-0.2, -0.15) is 0 Å². The fourth-order valence-corrected chi connectivity index (χ4v) is 6.88. The first-order chi connectivity index (χ1) is 18.1. The molecule has 5 N–H and O–H groups in total. The molecule has 0 aromatic rings.